The molecule has 0 aliphatic carbocycles. The summed E-state index contributed by atoms with van der Waals surface area (Å²) < 4.78 is 7.17. The summed E-state index contributed by atoms with van der Waals surface area (Å²) in [6, 6.07) is 7.51. The number of fused-ring (bicyclic) bond motifs is 1. The van der Waals surface area contributed by atoms with E-state index in [1.54, 1.807) is 19.4 Å². The Kier molecular flexibility index (Phi) is 6.62. The van der Waals surface area contributed by atoms with Crippen molar-refractivity contribution >= 4 is 34.6 Å². The Bertz CT molecular complexity index is 940. The molecule has 0 fully saturated rings. The van der Waals surface area contributed by atoms with Gasteiger partial charge in [-0.05, 0) is 31.9 Å². The van der Waals surface area contributed by atoms with Gasteiger partial charge in [0, 0.05) is 30.8 Å². The molecule has 0 atom stereocenters. The van der Waals surface area contributed by atoms with E-state index >= 15 is 0 Å². The van der Waals surface area contributed by atoms with Crippen LogP contribution in [0.25, 0.3) is 5.65 Å². The minimum absolute atomic E-state index is 0.590. The Morgan fingerprint density at radius 2 is 2.00 bits per heavy atom. The molecular formula is C21H28ClN5O. The highest BCUT2D eigenvalue weighted by Crippen LogP contribution is 2.33. The van der Waals surface area contributed by atoms with E-state index in [4.69, 9.17) is 21.3 Å². The number of aromatic nitrogens is 3. The molecule has 150 valence electrons. The fraction of sp³-hybridized carbons (Fsp3) is 0.429. The van der Waals surface area contributed by atoms with E-state index in [0.29, 0.717) is 5.02 Å². The van der Waals surface area contributed by atoms with E-state index in [2.05, 4.69) is 36.1 Å². The molecule has 3 rings (SSSR count). The standard InChI is InChI=1S/C21H28ClN5O/c1-5-7-13-26(12-6-2)21-15(3)20(25-19-10-11-23-27(19)21)24-18-9-8-16(28-4)14-17(18)22/h8-11,14H,5-7,12-13H2,1-4H3,(H,24,25). The van der Waals surface area contributed by atoms with Crippen molar-refractivity contribution in [3.8, 4) is 5.75 Å². The summed E-state index contributed by atoms with van der Waals surface area (Å²) in [6.45, 7) is 8.46. The van der Waals surface area contributed by atoms with Gasteiger partial charge in [0.15, 0.2) is 5.65 Å². The monoisotopic (exact) mass is 401 g/mol. The van der Waals surface area contributed by atoms with Gasteiger partial charge in [-0.25, -0.2) is 4.98 Å². The highest BCUT2D eigenvalue weighted by molar-refractivity contribution is 6.33. The lowest BCUT2D eigenvalue weighted by Gasteiger charge is -2.27. The first-order valence-corrected chi connectivity index (χ1v) is 10.2. The zero-order valence-corrected chi connectivity index (χ0v) is 17.8. The number of rotatable bonds is 9. The van der Waals surface area contributed by atoms with Crippen LogP contribution in [0.5, 0.6) is 5.75 Å². The van der Waals surface area contributed by atoms with Crippen LogP contribution in [-0.4, -0.2) is 34.8 Å². The summed E-state index contributed by atoms with van der Waals surface area (Å²) in [4.78, 5) is 7.17. The van der Waals surface area contributed by atoms with Crippen molar-refractivity contribution in [2.45, 2.75) is 40.0 Å². The van der Waals surface area contributed by atoms with Crippen LogP contribution in [-0.2, 0) is 0 Å². The first kappa shape index (κ1) is 20.3. The number of nitrogens with zero attached hydrogens (tertiary/aromatic N) is 4. The fourth-order valence-corrected chi connectivity index (χ4v) is 3.51. The third kappa shape index (κ3) is 4.17. The molecule has 0 radical (unpaired) electrons. The smallest absolute Gasteiger partial charge is 0.159 e. The summed E-state index contributed by atoms with van der Waals surface area (Å²) in [5.74, 6) is 2.59. The number of halogens is 1. The maximum atomic E-state index is 6.43. The molecule has 3 aromatic rings. The lowest BCUT2D eigenvalue weighted by atomic mass is 10.2. The Morgan fingerprint density at radius 3 is 2.68 bits per heavy atom. The number of anilines is 3. The molecule has 1 aromatic carbocycles. The van der Waals surface area contributed by atoms with Crippen LogP contribution in [0.1, 0.15) is 38.7 Å². The van der Waals surface area contributed by atoms with Crippen LogP contribution in [0.3, 0.4) is 0 Å². The molecule has 0 aliphatic heterocycles. The number of ether oxygens (including phenoxy) is 1. The van der Waals surface area contributed by atoms with Gasteiger partial charge < -0.3 is 15.0 Å². The van der Waals surface area contributed by atoms with Crippen molar-refractivity contribution < 1.29 is 4.74 Å². The number of nitrogens with one attached hydrogen (secondary N) is 1. The molecule has 0 unspecified atom stereocenters. The van der Waals surface area contributed by atoms with Crippen molar-refractivity contribution in [2.24, 2.45) is 0 Å². The molecule has 2 heterocycles. The van der Waals surface area contributed by atoms with Gasteiger partial charge in [-0.3, -0.25) is 0 Å². The number of methoxy groups -OCH3 is 1. The van der Waals surface area contributed by atoms with Gasteiger partial charge in [-0.15, -0.1) is 0 Å². The maximum absolute atomic E-state index is 6.43. The average Bonchev–Trinajstić information content (AvgIpc) is 3.15. The summed E-state index contributed by atoms with van der Waals surface area (Å²) >= 11 is 6.43. The van der Waals surface area contributed by atoms with Crippen molar-refractivity contribution in [2.75, 3.05) is 30.4 Å². The van der Waals surface area contributed by atoms with Crippen LogP contribution < -0.4 is 15.0 Å². The maximum Gasteiger partial charge on any atom is 0.159 e. The van der Waals surface area contributed by atoms with Gasteiger partial charge in [0.2, 0.25) is 0 Å². The van der Waals surface area contributed by atoms with E-state index in [1.165, 1.54) is 0 Å². The molecule has 0 bridgehead atoms. The summed E-state index contributed by atoms with van der Waals surface area (Å²) in [5, 5.41) is 8.51. The van der Waals surface area contributed by atoms with Crippen LogP contribution >= 0.6 is 11.6 Å². The summed E-state index contributed by atoms with van der Waals surface area (Å²) in [6.07, 6.45) is 5.15. The predicted molar refractivity (Wildman–Crippen MR) is 116 cm³/mol. The van der Waals surface area contributed by atoms with Gasteiger partial charge in [-0.2, -0.15) is 9.61 Å². The molecule has 0 saturated heterocycles. The fourth-order valence-electron chi connectivity index (χ4n) is 3.29. The molecule has 2 aromatic heterocycles. The normalized spacial score (nSPS) is 11.0. The average molecular weight is 402 g/mol. The highest BCUT2D eigenvalue weighted by atomic mass is 35.5. The van der Waals surface area contributed by atoms with Crippen molar-refractivity contribution in [3.63, 3.8) is 0 Å². The second kappa shape index (κ2) is 9.15. The van der Waals surface area contributed by atoms with Crippen molar-refractivity contribution in [1.29, 1.82) is 0 Å². The second-order valence-electron chi connectivity index (χ2n) is 6.82. The van der Waals surface area contributed by atoms with Gasteiger partial charge in [0.05, 0.1) is 24.0 Å². The molecule has 1 N–H and O–H groups in total. The predicted octanol–water partition coefficient (Wildman–Crippen LogP) is 5.46. The molecule has 0 aliphatic rings. The Hall–Kier alpha value is -2.47. The Labute approximate surface area is 171 Å². The highest BCUT2D eigenvalue weighted by Gasteiger charge is 2.18. The lowest BCUT2D eigenvalue weighted by Crippen LogP contribution is -2.29. The number of benzene rings is 1. The van der Waals surface area contributed by atoms with Gasteiger partial charge >= 0.3 is 0 Å². The lowest BCUT2D eigenvalue weighted by molar-refractivity contribution is 0.415. The molecule has 0 amide bonds. The number of hydrogen-bond donors (Lipinski definition) is 1. The van der Waals surface area contributed by atoms with Crippen LogP contribution in [0.15, 0.2) is 30.5 Å². The number of hydrogen-bond acceptors (Lipinski definition) is 5. The first-order chi connectivity index (χ1) is 13.6. The summed E-state index contributed by atoms with van der Waals surface area (Å²) in [7, 11) is 1.63. The van der Waals surface area contributed by atoms with Gasteiger partial charge in [0.25, 0.3) is 0 Å². The molecule has 0 saturated carbocycles. The zero-order chi connectivity index (χ0) is 20.1. The Morgan fingerprint density at radius 1 is 1.18 bits per heavy atom. The van der Waals surface area contributed by atoms with E-state index in [1.807, 2.05) is 22.7 Å². The summed E-state index contributed by atoms with van der Waals surface area (Å²) in [5.41, 5.74) is 2.65. The SMILES string of the molecule is CCCCN(CCC)c1c(C)c(Nc2ccc(OC)cc2Cl)nc2ccnn12. The topological polar surface area (TPSA) is 54.7 Å². The van der Waals surface area contributed by atoms with Crippen LogP contribution in [0.2, 0.25) is 5.02 Å². The van der Waals surface area contributed by atoms with Crippen molar-refractivity contribution in [1.82, 2.24) is 14.6 Å². The second-order valence-corrected chi connectivity index (χ2v) is 7.23. The van der Waals surface area contributed by atoms with E-state index in [-0.39, 0.29) is 0 Å². The largest absolute Gasteiger partial charge is 0.497 e. The number of unbranched alkanes of at least 4 members (excludes halogenated alkanes) is 1. The van der Waals surface area contributed by atoms with Gasteiger partial charge in [-0.1, -0.05) is 31.9 Å². The first-order valence-electron chi connectivity index (χ1n) is 9.78. The third-order valence-corrected chi connectivity index (χ3v) is 5.06. The van der Waals surface area contributed by atoms with Crippen LogP contribution in [0.4, 0.5) is 17.3 Å². The van der Waals surface area contributed by atoms with E-state index in [0.717, 1.165) is 66.6 Å². The van der Waals surface area contributed by atoms with Crippen molar-refractivity contribution in [3.05, 3.63) is 41.0 Å². The minimum atomic E-state index is 0.590. The minimum Gasteiger partial charge on any atom is -0.497 e. The zero-order valence-electron chi connectivity index (χ0n) is 17.0. The molecule has 7 heteroatoms. The van der Waals surface area contributed by atoms with Gasteiger partial charge in [0.1, 0.15) is 17.4 Å². The third-order valence-electron chi connectivity index (χ3n) is 4.74. The molecular weight excluding hydrogens is 374 g/mol. The Balaban J connectivity index is 2.05. The molecule has 0 spiro atoms. The quantitative estimate of drug-likeness (QED) is 0.516. The van der Waals surface area contributed by atoms with Crippen LogP contribution in [0, 0.1) is 6.92 Å². The van der Waals surface area contributed by atoms with E-state index < -0.39 is 0 Å². The molecule has 28 heavy (non-hydrogen) atoms. The molecule has 6 nitrogen and oxygen atoms in total. The van der Waals surface area contributed by atoms with E-state index in [9.17, 15) is 0 Å².